The molecule has 0 radical (unpaired) electrons. The van der Waals surface area contributed by atoms with Crippen molar-refractivity contribution in [2.45, 2.75) is 22.7 Å². The van der Waals surface area contributed by atoms with Gasteiger partial charge in [0.15, 0.2) is 0 Å². The average Bonchev–Trinajstić information content (AvgIpc) is 2.95. The highest BCUT2D eigenvalue weighted by atomic mass is 32.2. The van der Waals surface area contributed by atoms with Crippen LogP contribution in [0.25, 0.3) is 0 Å². The van der Waals surface area contributed by atoms with Crippen LogP contribution in [0.15, 0.2) is 29.2 Å². The minimum absolute atomic E-state index is 0.0766. The molecular formula is C11H12F3NS. The first-order chi connectivity index (χ1) is 7.49. The zero-order chi connectivity index (χ0) is 11.8. The summed E-state index contributed by atoms with van der Waals surface area (Å²) in [4.78, 5) is 0.237. The Hall–Kier alpha value is -0.680. The van der Waals surface area contributed by atoms with Crippen molar-refractivity contribution < 1.29 is 13.2 Å². The molecule has 1 aromatic rings. The molecule has 0 bridgehead atoms. The molecule has 1 nitrogen and oxygen atoms in total. The van der Waals surface area contributed by atoms with Gasteiger partial charge in [0.05, 0.1) is 0 Å². The standard InChI is InChI=1S/C11H12F3NS/c12-11(13,14)16-9-3-1-7(2-4-9)10-5-8(10)6-15/h1-4,8,10H,5-6,15H2/t8-,10-/m0/s1. The molecule has 1 aliphatic carbocycles. The molecule has 0 spiro atoms. The Morgan fingerprint density at radius 1 is 1.25 bits per heavy atom. The van der Waals surface area contributed by atoms with E-state index in [1.54, 1.807) is 12.1 Å². The van der Waals surface area contributed by atoms with E-state index in [-0.39, 0.29) is 16.7 Å². The minimum Gasteiger partial charge on any atom is -0.330 e. The van der Waals surface area contributed by atoms with Gasteiger partial charge in [-0.1, -0.05) is 12.1 Å². The highest BCUT2D eigenvalue weighted by molar-refractivity contribution is 8.00. The zero-order valence-corrected chi connectivity index (χ0v) is 9.31. The van der Waals surface area contributed by atoms with Crippen molar-refractivity contribution >= 4 is 11.8 Å². The highest BCUT2D eigenvalue weighted by Gasteiger charge is 2.37. The third-order valence-electron chi connectivity index (χ3n) is 2.77. The fourth-order valence-corrected chi connectivity index (χ4v) is 2.37. The van der Waals surface area contributed by atoms with Gasteiger partial charge < -0.3 is 5.73 Å². The van der Waals surface area contributed by atoms with Crippen molar-refractivity contribution in [1.82, 2.24) is 0 Å². The van der Waals surface area contributed by atoms with Crippen molar-refractivity contribution in [3.63, 3.8) is 0 Å². The van der Waals surface area contributed by atoms with Crippen molar-refractivity contribution in [2.24, 2.45) is 11.7 Å². The first kappa shape index (κ1) is 11.8. The summed E-state index contributed by atoms with van der Waals surface area (Å²) in [5.41, 5.74) is 2.41. The summed E-state index contributed by atoms with van der Waals surface area (Å²) >= 11 is -0.0766. The Kier molecular flexibility index (Phi) is 3.17. The number of hydrogen-bond donors (Lipinski definition) is 1. The van der Waals surface area contributed by atoms with E-state index in [2.05, 4.69) is 0 Å². The number of halogens is 3. The van der Waals surface area contributed by atoms with Crippen molar-refractivity contribution in [2.75, 3.05) is 6.54 Å². The van der Waals surface area contributed by atoms with Crippen LogP contribution < -0.4 is 5.73 Å². The number of rotatable bonds is 3. The van der Waals surface area contributed by atoms with E-state index in [9.17, 15) is 13.2 Å². The van der Waals surface area contributed by atoms with Crippen LogP contribution in [0.2, 0.25) is 0 Å². The van der Waals surface area contributed by atoms with Gasteiger partial charge in [-0.15, -0.1) is 0 Å². The lowest BCUT2D eigenvalue weighted by molar-refractivity contribution is -0.0328. The Balaban J connectivity index is 2.00. The molecule has 0 unspecified atom stereocenters. The van der Waals surface area contributed by atoms with E-state index >= 15 is 0 Å². The molecule has 1 aliphatic rings. The van der Waals surface area contributed by atoms with Crippen LogP contribution >= 0.6 is 11.8 Å². The Labute approximate surface area is 96.2 Å². The summed E-state index contributed by atoms with van der Waals surface area (Å²) in [6, 6.07) is 6.60. The molecule has 2 N–H and O–H groups in total. The molecule has 0 saturated heterocycles. The largest absolute Gasteiger partial charge is 0.446 e. The third kappa shape index (κ3) is 2.92. The molecule has 2 atom stereocenters. The molecule has 2 rings (SSSR count). The van der Waals surface area contributed by atoms with Gasteiger partial charge in [-0.3, -0.25) is 0 Å². The van der Waals surface area contributed by atoms with Crippen LogP contribution in [-0.2, 0) is 0 Å². The molecule has 0 aromatic heterocycles. The molecule has 1 saturated carbocycles. The minimum atomic E-state index is -4.21. The van der Waals surface area contributed by atoms with Crippen LogP contribution in [0.4, 0.5) is 13.2 Å². The topological polar surface area (TPSA) is 26.0 Å². The van der Waals surface area contributed by atoms with Gasteiger partial charge in [-0.2, -0.15) is 13.2 Å². The molecular weight excluding hydrogens is 235 g/mol. The van der Waals surface area contributed by atoms with E-state index in [0.717, 1.165) is 12.0 Å². The zero-order valence-electron chi connectivity index (χ0n) is 8.50. The van der Waals surface area contributed by atoms with E-state index < -0.39 is 5.51 Å². The lowest BCUT2D eigenvalue weighted by Gasteiger charge is -2.06. The summed E-state index contributed by atoms with van der Waals surface area (Å²) in [6.45, 7) is 0.656. The SMILES string of the molecule is NC[C@@H]1C[C@H]1c1ccc(SC(F)(F)F)cc1. The van der Waals surface area contributed by atoms with Gasteiger partial charge in [-0.25, -0.2) is 0 Å². The Morgan fingerprint density at radius 3 is 2.31 bits per heavy atom. The van der Waals surface area contributed by atoms with Crippen molar-refractivity contribution in [3.05, 3.63) is 29.8 Å². The van der Waals surface area contributed by atoms with Crippen LogP contribution in [0.3, 0.4) is 0 Å². The van der Waals surface area contributed by atoms with Crippen LogP contribution in [-0.4, -0.2) is 12.1 Å². The lowest BCUT2D eigenvalue weighted by atomic mass is 10.1. The molecule has 1 fully saturated rings. The number of hydrogen-bond acceptors (Lipinski definition) is 2. The van der Waals surface area contributed by atoms with Crippen LogP contribution in [0, 0.1) is 5.92 Å². The number of benzene rings is 1. The first-order valence-electron chi connectivity index (χ1n) is 5.05. The van der Waals surface area contributed by atoms with Crippen molar-refractivity contribution in [3.8, 4) is 0 Å². The Morgan fingerprint density at radius 2 is 1.88 bits per heavy atom. The molecule has 0 aliphatic heterocycles. The predicted molar refractivity (Wildman–Crippen MR) is 58.3 cm³/mol. The summed E-state index contributed by atoms with van der Waals surface area (Å²) in [5.74, 6) is 0.969. The summed E-state index contributed by atoms with van der Waals surface area (Å²) in [5, 5.41) is 0. The maximum absolute atomic E-state index is 12.1. The van der Waals surface area contributed by atoms with E-state index in [4.69, 9.17) is 5.73 Å². The van der Waals surface area contributed by atoms with Crippen LogP contribution in [0.5, 0.6) is 0 Å². The fourth-order valence-electron chi connectivity index (χ4n) is 1.83. The summed E-state index contributed by atoms with van der Waals surface area (Å²) < 4.78 is 36.2. The maximum atomic E-state index is 12.1. The highest BCUT2D eigenvalue weighted by Crippen LogP contribution is 2.47. The normalized spacial score (nSPS) is 24.5. The van der Waals surface area contributed by atoms with Gasteiger partial charge >= 0.3 is 5.51 Å². The fraction of sp³-hybridized carbons (Fsp3) is 0.455. The van der Waals surface area contributed by atoms with E-state index in [1.807, 2.05) is 0 Å². The van der Waals surface area contributed by atoms with Gasteiger partial charge in [0.2, 0.25) is 0 Å². The third-order valence-corrected chi connectivity index (χ3v) is 3.51. The monoisotopic (exact) mass is 247 g/mol. The summed E-state index contributed by atoms with van der Waals surface area (Å²) in [7, 11) is 0. The van der Waals surface area contributed by atoms with Crippen molar-refractivity contribution in [1.29, 1.82) is 0 Å². The quantitative estimate of drug-likeness (QED) is 0.829. The Bertz CT molecular complexity index is 360. The first-order valence-corrected chi connectivity index (χ1v) is 5.87. The van der Waals surface area contributed by atoms with E-state index in [0.29, 0.717) is 18.4 Å². The second-order valence-electron chi connectivity index (χ2n) is 3.95. The molecule has 0 amide bonds. The average molecular weight is 247 g/mol. The molecule has 1 aromatic carbocycles. The summed E-state index contributed by atoms with van der Waals surface area (Å²) in [6.07, 6.45) is 1.06. The second-order valence-corrected chi connectivity index (χ2v) is 5.09. The molecule has 16 heavy (non-hydrogen) atoms. The maximum Gasteiger partial charge on any atom is 0.446 e. The van der Waals surface area contributed by atoms with Gasteiger partial charge in [0.1, 0.15) is 0 Å². The predicted octanol–water partition coefficient (Wildman–Crippen LogP) is 3.36. The number of thioether (sulfide) groups is 1. The second kappa shape index (κ2) is 4.30. The van der Waals surface area contributed by atoms with E-state index in [1.165, 1.54) is 12.1 Å². The van der Waals surface area contributed by atoms with Gasteiger partial charge in [0.25, 0.3) is 0 Å². The molecule has 0 heterocycles. The molecule has 5 heteroatoms. The lowest BCUT2D eigenvalue weighted by Crippen LogP contribution is -2.02. The smallest absolute Gasteiger partial charge is 0.330 e. The van der Waals surface area contributed by atoms with Crippen LogP contribution in [0.1, 0.15) is 17.9 Å². The van der Waals surface area contributed by atoms with Gasteiger partial charge in [-0.05, 0) is 54.3 Å². The number of alkyl halides is 3. The van der Waals surface area contributed by atoms with Gasteiger partial charge in [0, 0.05) is 4.90 Å². The molecule has 88 valence electrons. The number of nitrogens with two attached hydrogens (primary N) is 1.